The zero-order chi connectivity index (χ0) is 25.3. The molecule has 1 aliphatic rings. The minimum atomic E-state index is -1.58. The molecule has 0 unspecified atom stereocenters. The first-order valence-electron chi connectivity index (χ1n) is 11.0. The number of aromatic nitrogens is 1. The van der Waals surface area contributed by atoms with E-state index >= 15 is 0 Å². The van der Waals surface area contributed by atoms with Crippen LogP contribution in [0.2, 0.25) is 0 Å². The Hall–Kier alpha value is -3.46. The fraction of sp³-hybridized carbons (Fsp3) is 0.292. The van der Waals surface area contributed by atoms with Crippen molar-refractivity contribution in [3.63, 3.8) is 0 Å². The Balaban J connectivity index is 1.66. The number of benzene rings is 2. The van der Waals surface area contributed by atoms with Gasteiger partial charge in [-0.1, -0.05) is 29.8 Å². The number of morpholine rings is 1. The number of rotatable bonds is 6. The molecule has 35 heavy (non-hydrogen) atoms. The van der Waals surface area contributed by atoms with Crippen molar-refractivity contribution in [1.29, 1.82) is 0 Å². The zero-order valence-electron chi connectivity index (χ0n) is 19.2. The molecule has 1 fully saturated rings. The molecular formula is C24H22B3N3O5. The molecule has 8 nitrogen and oxygen atoms in total. The van der Waals surface area contributed by atoms with Crippen molar-refractivity contribution < 1.29 is 19.1 Å². The minimum absolute atomic E-state index is 0.0408. The Morgan fingerprint density at radius 1 is 1.17 bits per heavy atom. The molecule has 2 aromatic carbocycles. The molecule has 0 bridgehead atoms. The lowest BCUT2D eigenvalue weighted by Gasteiger charge is -2.35. The molecule has 2 atom stereocenters. The number of nitrogens with one attached hydrogen (secondary N) is 1. The summed E-state index contributed by atoms with van der Waals surface area (Å²) < 4.78 is 11.1. The van der Waals surface area contributed by atoms with Crippen LogP contribution in [0, 0.1) is 0 Å². The summed E-state index contributed by atoms with van der Waals surface area (Å²) in [5.74, 6) is -0.741. The first-order valence-corrected chi connectivity index (χ1v) is 11.0. The van der Waals surface area contributed by atoms with Crippen LogP contribution < -0.4 is 16.0 Å². The molecule has 0 saturated carbocycles. The maximum Gasteiger partial charge on any atom is 0.264 e. The molecule has 172 valence electrons. The minimum Gasteiger partial charge on any atom is -0.481 e. The Bertz CT molecular complexity index is 1340. The molecule has 0 aliphatic carbocycles. The van der Waals surface area contributed by atoms with Gasteiger partial charge in [-0.3, -0.25) is 14.4 Å². The van der Waals surface area contributed by atoms with Gasteiger partial charge in [0.2, 0.25) is 5.91 Å². The molecule has 1 aromatic heterocycles. The summed E-state index contributed by atoms with van der Waals surface area (Å²) in [6.07, 6.45) is 0.646. The lowest BCUT2D eigenvalue weighted by Crippen LogP contribution is -2.57. The Kier molecular flexibility index (Phi) is 6.80. The molecule has 1 saturated heterocycles. The number of carbonyl (C=O) groups excluding carboxylic acids is 2. The third-order valence-corrected chi connectivity index (χ3v) is 5.96. The van der Waals surface area contributed by atoms with E-state index in [0.29, 0.717) is 39.8 Å². The van der Waals surface area contributed by atoms with Gasteiger partial charge in [-0.05, 0) is 36.1 Å². The van der Waals surface area contributed by atoms with E-state index in [-0.39, 0.29) is 18.7 Å². The molecular weight excluding hydrogens is 443 g/mol. The van der Waals surface area contributed by atoms with Crippen molar-refractivity contribution in [2.75, 3.05) is 19.8 Å². The number of hydrogen-bond donors (Lipinski definition) is 2. The summed E-state index contributed by atoms with van der Waals surface area (Å²) in [7, 11) is 17.9. The Morgan fingerprint density at radius 2 is 1.91 bits per heavy atom. The summed E-state index contributed by atoms with van der Waals surface area (Å²) in [4.78, 5) is 41.4. The maximum absolute atomic E-state index is 13.0. The Morgan fingerprint density at radius 3 is 2.63 bits per heavy atom. The van der Waals surface area contributed by atoms with Gasteiger partial charge < -0.3 is 25.1 Å². The van der Waals surface area contributed by atoms with Crippen molar-refractivity contribution >= 4 is 46.1 Å². The van der Waals surface area contributed by atoms with E-state index in [2.05, 4.69) is 4.98 Å². The molecule has 3 aromatic rings. The number of nitrogens with two attached hydrogens (primary N) is 1. The van der Waals surface area contributed by atoms with Crippen LogP contribution in [0.25, 0.3) is 21.9 Å². The third kappa shape index (κ3) is 5.00. The smallest absolute Gasteiger partial charge is 0.264 e. The second-order valence-electron chi connectivity index (χ2n) is 8.50. The summed E-state index contributed by atoms with van der Waals surface area (Å²) in [6.45, 7) is 2.14. The van der Waals surface area contributed by atoms with E-state index in [1.807, 2.05) is 12.1 Å². The first kappa shape index (κ1) is 24.7. The van der Waals surface area contributed by atoms with Crippen LogP contribution in [-0.4, -0.2) is 77.1 Å². The highest BCUT2D eigenvalue weighted by molar-refractivity contribution is 6.59. The molecule has 6 radical (unpaired) electrons. The highest BCUT2D eigenvalue weighted by Gasteiger charge is 2.34. The SMILES string of the molecule is [B]C([B])([B])c1ccccc1-c1c[nH]c(=O)c2cc(O[C@H](C)C(=O)N3CCOC[C@H]3C(N)=O)ccc12. The number of aromatic amines is 1. The average Bonchev–Trinajstić information content (AvgIpc) is 2.83. The van der Waals surface area contributed by atoms with Crippen LogP contribution >= 0.6 is 0 Å². The van der Waals surface area contributed by atoms with Crippen LogP contribution in [0.4, 0.5) is 0 Å². The average molecular weight is 465 g/mol. The lowest BCUT2D eigenvalue weighted by molar-refractivity contribution is -0.152. The van der Waals surface area contributed by atoms with E-state index in [9.17, 15) is 14.4 Å². The molecule has 3 N–H and O–H groups in total. The summed E-state index contributed by atoms with van der Waals surface area (Å²) in [5.41, 5.74) is 6.92. The van der Waals surface area contributed by atoms with E-state index < -0.39 is 29.1 Å². The van der Waals surface area contributed by atoms with E-state index in [1.54, 1.807) is 43.5 Å². The number of fused-ring (bicyclic) bond motifs is 1. The fourth-order valence-electron chi connectivity index (χ4n) is 4.22. The van der Waals surface area contributed by atoms with Gasteiger partial charge in [-0.15, -0.1) is 5.11 Å². The number of amides is 2. The van der Waals surface area contributed by atoms with Gasteiger partial charge in [-0.25, -0.2) is 0 Å². The number of H-pyrrole nitrogens is 1. The molecule has 4 rings (SSSR count). The number of primary amides is 1. The number of pyridine rings is 1. The van der Waals surface area contributed by atoms with Gasteiger partial charge in [0.15, 0.2) is 6.10 Å². The number of hydrogen-bond acceptors (Lipinski definition) is 5. The molecule has 0 spiro atoms. The molecule has 11 heteroatoms. The standard InChI is InChI=1S/C24H22B3N3O5/c1-13(23(33)30-8-9-34-12-20(30)21(28)31)35-14-6-7-15-17(10-14)22(32)29-11-18(15)16-4-2-3-5-19(16)24(25,26)27/h2-7,10-11,13,20H,8-9,12H2,1H3,(H2,28,31)(H,29,32)/t13-,20+/m1/s1. The number of carbonyl (C=O) groups is 2. The van der Waals surface area contributed by atoms with Gasteiger partial charge in [0.25, 0.3) is 11.5 Å². The summed E-state index contributed by atoms with van der Waals surface area (Å²) in [5, 5.41) is -0.619. The highest BCUT2D eigenvalue weighted by atomic mass is 16.5. The van der Waals surface area contributed by atoms with Crippen molar-refractivity contribution in [2.24, 2.45) is 5.73 Å². The topological polar surface area (TPSA) is 115 Å². The lowest BCUT2D eigenvalue weighted by atomic mass is 9.39. The van der Waals surface area contributed by atoms with Crippen molar-refractivity contribution in [3.05, 3.63) is 64.6 Å². The summed E-state index contributed by atoms with van der Waals surface area (Å²) in [6, 6.07) is 11.2. The summed E-state index contributed by atoms with van der Waals surface area (Å²) >= 11 is 0. The molecule has 2 amide bonds. The van der Waals surface area contributed by atoms with Crippen molar-refractivity contribution in [1.82, 2.24) is 9.88 Å². The number of nitrogens with zero attached hydrogens (tertiary/aromatic N) is 1. The highest BCUT2D eigenvalue weighted by Crippen LogP contribution is 2.33. The third-order valence-electron chi connectivity index (χ3n) is 5.96. The van der Waals surface area contributed by atoms with Gasteiger partial charge in [0.1, 0.15) is 11.8 Å². The monoisotopic (exact) mass is 465 g/mol. The normalized spacial score (nSPS) is 17.2. The molecule has 1 aliphatic heterocycles. The van der Waals surface area contributed by atoms with Crippen LogP contribution in [0.5, 0.6) is 5.75 Å². The van der Waals surface area contributed by atoms with Gasteiger partial charge in [-0.2, -0.15) is 0 Å². The molecule has 2 heterocycles. The Labute approximate surface area is 206 Å². The quantitative estimate of drug-likeness (QED) is 0.509. The number of ether oxygens (including phenoxy) is 2. The second-order valence-corrected chi connectivity index (χ2v) is 8.50. The van der Waals surface area contributed by atoms with Crippen molar-refractivity contribution in [3.8, 4) is 16.9 Å². The first-order chi connectivity index (χ1) is 16.6. The van der Waals surface area contributed by atoms with Crippen LogP contribution in [0.1, 0.15) is 12.5 Å². The van der Waals surface area contributed by atoms with E-state index in [4.69, 9.17) is 38.7 Å². The van der Waals surface area contributed by atoms with Crippen LogP contribution in [-0.2, 0) is 19.4 Å². The zero-order valence-corrected chi connectivity index (χ0v) is 19.2. The fourth-order valence-corrected chi connectivity index (χ4v) is 4.22. The van der Waals surface area contributed by atoms with Crippen molar-refractivity contribution in [2.45, 2.75) is 24.2 Å². The second kappa shape index (κ2) is 9.66. The predicted octanol–water partition coefficient (Wildman–Crippen LogP) is 0.291. The van der Waals surface area contributed by atoms with Crippen LogP contribution in [0.15, 0.2) is 53.5 Å². The van der Waals surface area contributed by atoms with Gasteiger partial charge >= 0.3 is 0 Å². The van der Waals surface area contributed by atoms with E-state index in [0.717, 1.165) is 0 Å². The van der Waals surface area contributed by atoms with E-state index in [1.165, 1.54) is 4.90 Å². The van der Waals surface area contributed by atoms with Gasteiger partial charge in [0, 0.05) is 18.3 Å². The maximum atomic E-state index is 13.0. The van der Waals surface area contributed by atoms with Crippen LogP contribution in [0.3, 0.4) is 0 Å². The predicted molar refractivity (Wildman–Crippen MR) is 135 cm³/mol. The largest absolute Gasteiger partial charge is 0.481 e. The van der Waals surface area contributed by atoms with Gasteiger partial charge in [0.05, 0.1) is 42.1 Å².